The molecule has 1 aromatic heterocycles. The summed E-state index contributed by atoms with van der Waals surface area (Å²) in [6, 6.07) is 18.2. The van der Waals surface area contributed by atoms with Crippen LogP contribution in [-0.2, 0) is 0 Å². The van der Waals surface area contributed by atoms with Gasteiger partial charge in [-0.25, -0.2) is 9.98 Å². The number of hydrogen-bond acceptors (Lipinski definition) is 3. The fraction of sp³-hybridized carbons (Fsp3) is 0.238. The summed E-state index contributed by atoms with van der Waals surface area (Å²) in [6.45, 7) is 10.5. The fourth-order valence-electron chi connectivity index (χ4n) is 2.76. The highest BCUT2D eigenvalue weighted by Gasteiger charge is 2.19. The summed E-state index contributed by atoms with van der Waals surface area (Å²) in [5.74, 6) is 2.58. The van der Waals surface area contributed by atoms with Gasteiger partial charge in [-0.05, 0) is 45.6 Å². The fourth-order valence-corrected chi connectivity index (χ4v) is 3.59. The number of aryl methyl sites for hydroxylation is 2. The highest BCUT2D eigenvalue weighted by atomic mass is 28.4. The molecule has 0 fully saturated rings. The minimum atomic E-state index is -1.73. The van der Waals surface area contributed by atoms with Crippen LogP contribution >= 0.6 is 0 Å². The van der Waals surface area contributed by atoms with E-state index in [0.717, 1.165) is 34.4 Å². The van der Waals surface area contributed by atoms with Gasteiger partial charge in [-0.2, -0.15) is 0 Å². The van der Waals surface area contributed by atoms with Crippen LogP contribution in [-0.4, -0.2) is 23.7 Å². The Morgan fingerprint density at radius 1 is 0.962 bits per heavy atom. The molecule has 4 nitrogen and oxygen atoms in total. The number of aromatic nitrogens is 2. The zero-order valence-electron chi connectivity index (χ0n) is 16.0. The molecular weight excluding hydrogens is 338 g/mol. The van der Waals surface area contributed by atoms with Crippen molar-refractivity contribution in [1.29, 1.82) is 0 Å². The zero-order valence-corrected chi connectivity index (χ0v) is 17.0. The van der Waals surface area contributed by atoms with Crippen LogP contribution < -0.4 is 4.43 Å². The van der Waals surface area contributed by atoms with E-state index in [1.165, 1.54) is 0 Å². The minimum absolute atomic E-state index is 0.828. The van der Waals surface area contributed by atoms with E-state index in [1.54, 1.807) is 0 Å². The molecule has 0 spiro atoms. The molecule has 2 aromatic carbocycles. The van der Waals surface area contributed by atoms with Crippen molar-refractivity contribution < 1.29 is 4.43 Å². The molecule has 0 saturated carbocycles. The maximum atomic E-state index is 6.25. The molecule has 1 heterocycles. The molecule has 3 rings (SSSR count). The van der Waals surface area contributed by atoms with Gasteiger partial charge in [0.2, 0.25) is 8.32 Å². The maximum Gasteiger partial charge on any atom is 0.242 e. The first-order chi connectivity index (χ1) is 12.3. The largest absolute Gasteiger partial charge is 0.543 e. The van der Waals surface area contributed by atoms with Crippen molar-refractivity contribution in [3.8, 4) is 5.75 Å². The van der Waals surface area contributed by atoms with Gasteiger partial charge in [0.15, 0.2) is 0 Å². The second-order valence-electron chi connectivity index (χ2n) is 7.28. The number of benzene rings is 2. The van der Waals surface area contributed by atoms with Crippen molar-refractivity contribution in [3.63, 3.8) is 0 Å². The van der Waals surface area contributed by atoms with Crippen LogP contribution in [0.15, 0.2) is 65.8 Å². The number of rotatable bonds is 4. The van der Waals surface area contributed by atoms with E-state index in [2.05, 4.69) is 36.8 Å². The lowest BCUT2D eigenvalue weighted by Crippen LogP contribution is -2.29. The van der Waals surface area contributed by atoms with Gasteiger partial charge in [0, 0.05) is 11.8 Å². The van der Waals surface area contributed by atoms with Crippen molar-refractivity contribution in [2.75, 3.05) is 0 Å². The summed E-state index contributed by atoms with van der Waals surface area (Å²) in [5.41, 5.74) is 2.84. The van der Waals surface area contributed by atoms with Crippen molar-refractivity contribution in [2.24, 2.45) is 4.99 Å². The molecule has 3 aromatic rings. The Bertz CT molecular complexity index is 924. The summed E-state index contributed by atoms with van der Waals surface area (Å²) < 4.78 is 8.29. The normalized spacial score (nSPS) is 12.3. The zero-order chi connectivity index (χ0) is 18.7. The molecule has 0 radical (unpaired) electrons. The van der Waals surface area contributed by atoms with Gasteiger partial charge in [0.25, 0.3) is 0 Å². The molecule has 0 saturated heterocycles. The molecule has 0 aliphatic heterocycles. The van der Waals surface area contributed by atoms with Crippen molar-refractivity contribution in [1.82, 2.24) is 9.55 Å². The lowest BCUT2D eigenvalue weighted by atomic mass is 10.2. The van der Waals surface area contributed by atoms with Crippen LogP contribution in [0.1, 0.15) is 17.1 Å². The molecule has 0 N–H and O–H groups in total. The van der Waals surface area contributed by atoms with Gasteiger partial charge in [0.05, 0.1) is 5.69 Å². The average molecular weight is 364 g/mol. The van der Waals surface area contributed by atoms with Gasteiger partial charge in [0.1, 0.15) is 23.1 Å². The van der Waals surface area contributed by atoms with Crippen LogP contribution in [0.25, 0.3) is 0 Å². The first-order valence-electron chi connectivity index (χ1n) is 8.78. The smallest absolute Gasteiger partial charge is 0.242 e. The second-order valence-corrected chi connectivity index (χ2v) is 11.7. The molecule has 26 heavy (non-hydrogen) atoms. The molecular formula is C21H25N3OSi. The first kappa shape index (κ1) is 18.1. The Kier molecular flexibility index (Phi) is 5.09. The van der Waals surface area contributed by atoms with E-state index >= 15 is 0 Å². The third kappa shape index (κ3) is 4.29. The molecule has 0 bridgehead atoms. The summed E-state index contributed by atoms with van der Waals surface area (Å²) in [7, 11) is -1.73. The third-order valence-corrected chi connectivity index (χ3v) is 4.60. The minimum Gasteiger partial charge on any atom is -0.543 e. The van der Waals surface area contributed by atoms with E-state index < -0.39 is 8.32 Å². The standard InChI is InChI=1S/C21H25N3OSi/c1-16-15-24(17(2)22-16)21(18-11-7-6-8-12-18)23-19-13-9-10-14-20(19)25-26(3,4)5/h6-15H,1-5H3. The third-order valence-electron chi connectivity index (χ3n) is 3.77. The lowest BCUT2D eigenvalue weighted by Gasteiger charge is -2.20. The van der Waals surface area contributed by atoms with Gasteiger partial charge in [-0.15, -0.1) is 0 Å². The number of imidazole rings is 1. The molecule has 0 aliphatic carbocycles. The monoisotopic (exact) mass is 363 g/mol. The molecule has 0 unspecified atom stereocenters. The number of aliphatic imine (C=N–C) groups is 1. The Balaban J connectivity index is 2.16. The summed E-state index contributed by atoms with van der Waals surface area (Å²) in [4.78, 5) is 9.53. The Hall–Kier alpha value is -2.66. The van der Waals surface area contributed by atoms with E-state index in [0.29, 0.717) is 0 Å². The Morgan fingerprint density at radius 2 is 1.62 bits per heavy atom. The van der Waals surface area contributed by atoms with Crippen molar-refractivity contribution in [3.05, 3.63) is 77.9 Å². The molecule has 134 valence electrons. The first-order valence-corrected chi connectivity index (χ1v) is 12.2. The average Bonchev–Trinajstić information content (AvgIpc) is 2.91. The highest BCUT2D eigenvalue weighted by molar-refractivity contribution is 6.70. The molecule has 0 aliphatic rings. The Morgan fingerprint density at radius 3 is 2.23 bits per heavy atom. The van der Waals surface area contributed by atoms with Crippen molar-refractivity contribution in [2.45, 2.75) is 33.5 Å². The van der Waals surface area contributed by atoms with Gasteiger partial charge in [-0.1, -0.05) is 42.5 Å². The quantitative estimate of drug-likeness (QED) is 0.356. The second kappa shape index (κ2) is 7.29. The number of nitrogens with zero attached hydrogens (tertiary/aromatic N) is 3. The Labute approximate surface area is 156 Å². The van der Waals surface area contributed by atoms with Crippen LogP contribution in [0, 0.1) is 13.8 Å². The van der Waals surface area contributed by atoms with E-state index in [9.17, 15) is 0 Å². The van der Waals surface area contributed by atoms with Crippen LogP contribution in [0.4, 0.5) is 5.69 Å². The summed E-state index contributed by atoms with van der Waals surface area (Å²) >= 11 is 0. The SMILES string of the molecule is Cc1cn(C(=Nc2ccccc2O[Si](C)(C)C)c2ccccc2)c(C)n1. The predicted octanol–water partition coefficient (Wildman–Crippen LogP) is 5.34. The molecule has 0 atom stereocenters. The highest BCUT2D eigenvalue weighted by Crippen LogP contribution is 2.30. The summed E-state index contributed by atoms with van der Waals surface area (Å²) in [5, 5.41) is 0. The van der Waals surface area contributed by atoms with Crippen LogP contribution in [0.2, 0.25) is 19.6 Å². The van der Waals surface area contributed by atoms with E-state index in [-0.39, 0.29) is 0 Å². The van der Waals surface area contributed by atoms with E-state index in [1.807, 2.05) is 67.1 Å². The van der Waals surface area contributed by atoms with Gasteiger partial charge in [-0.3, -0.25) is 4.57 Å². The van der Waals surface area contributed by atoms with Crippen LogP contribution in [0.5, 0.6) is 5.75 Å². The van der Waals surface area contributed by atoms with Gasteiger partial charge >= 0.3 is 0 Å². The van der Waals surface area contributed by atoms with Crippen molar-refractivity contribution >= 4 is 19.8 Å². The molecule has 5 heteroatoms. The number of hydrogen-bond donors (Lipinski definition) is 0. The predicted molar refractivity (Wildman–Crippen MR) is 110 cm³/mol. The van der Waals surface area contributed by atoms with Gasteiger partial charge < -0.3 is 4.43 Å². The lowest BCUT2D eigenvalue weighted by molar-refractivity contribution is 0.559. The maximum absolute atomic E-state index is 6.25. The van der Waals surface area contributed by atoms with E-state index in [4.69, 9.17) is 9.42 Å². The molecule has 0 amide bonds. The van der Waals surface area contributed by atoms with Crippen LogP contribution in [0.3, 0.4) is 0 Å². The topological polar surface area (TPSA) is 39.4 Å². The number of para-hydroxylation sites is 2. The summed E-state index contributed by atoms with van der Waals surface area (Å²) in [6.07, 6.45) is 2.02.